The average molecular weight is 265 g/mol. The third kappa shape index (κ3) is 1.28. The monoisotopic (exact) mass is 265 g/mol. The molecule has 2 heteroatoms. The molecule has 2 aromatic carbocycles. The molecular formula is C17H15NS. The first kappa shape index (κ1) is 10.4. The highest BCUT2D eigenvalue weighted by Crippen LogP contribution is 2.56. The van der Waals surface area contributed by atoms with E-state index in [9.17, 15) is 0 Å². The van der Waals surface area contributed by atoms with Crippen molar-refractivity contribution in [2.24, 2.45) is 0 Å². The van der Waals surface area contributed by atoms with Gasteiger partial charge >= 0.3 is 0 Å². The first-order valence-corrected chi connectivity index (χ1v) is 7.93. The van der Waals surface area contributed by atoms with Crippen LogP contribution in [0.4, 0.5) is 5.69 Å². The summed E-state index contributed by atoms with van der Waals surface area (Å²) in [5, 5.41) is 0.636. The number of nitrogens with zero attached hydrogens (tertiary/aromatic N) is 1. The Kier molecular flexibility index (Phi) is 1.95. The Balaban J connectivity index is 1.70. The van der Waals surface area contributed by atoms with Crippen molar-refractivity contribution in [1.29, 1.82) is 0 Å². The third-order valence-corrected chi connectivity index (χ3v) is 6.19. The summed E-state index contributed by atoms with van der Waals surface area (Å²) in [4.78, 5) is 4.18. The molecule has 0 radical (unpaired) electrons. The largest absolute Gasteiger partial charge is 0.365 e. The zero-order valence-corrected chi connectivity index (χ0v) is 11.5. The number of thioether (sulfide) groups is 1. The lowest BCUT2D eigenvalue weighted by atomic mass is 10.1. The van der Waals surface area contributed by atoms with Gasteiger partial charge in [0.25, 0.3) is 0 Å². The van der Waals surface area contributed by atoms with E-state index in [1.54, 1.807) is 22.4 Å². The molecule has 94 valence electrons. The Labute approximate surface area is 117 Å². The summed E-state index contributed by atoms with van der Waals surface area (Å²) in [6.45, 7) is 1.21. The second-order valence-electron chi connectivity index (χ2n) is 5.72. The Morgan fingerprint density at radius 2 is 1.89 bits per heavy atom. The van der Waals surface area contributed by atoms with Gasteiger partial charge in [-0.05, 0) is 35.6 Å². The van der Waals surface area contributed by atoms with Crippen LogP contribution in [0.2, 0.25) is 0 Å². The van der Waals surface area contributed by atoms with E-state index in [1.165, 1.54) is 24.3 Å². The minimum absolute atomic E-state index is 0.636. The van der Waals surface area contributed by atoms with Gasteiger partial charge in [-0.2, -0.15) is 0 Å². The number of anilines is 1. The zero-order chi connectivity index (χ0) is 12.4. The average Bonchev–Trinajstić information content (AvgIpc) is 3.02. The van der Waals surface area contributed by atoms with Gasteiger partial charge in [0.1, 0.15) is 0 Å². The van der Waals surface area contributed by atoms with Crippen LogP contribution in [0.15, 0.2) is 47.4 Å². The number of rotatable bonds is 0. The highest BCUT2D eigenvalue weighted by Gasteiger charge is 2.43. The zero-order valence-electron chi connectivity index (χ0n) is 10.7. The van der Waals surface area contributed by atoms with E-state index >= 15 is 0 Å². The molecule has 0 saturated heterocycles. The maximum Gasteiger partial charge on any atom is 0.0554 e. The van der Waals surface area contributed by atoms with E-state index < -0.39 is 0 Å². The second kappa shape index (κ2) is 3.57. The maximum atomic E-state index is 2.69. The van der Waals surface area contributed by atoms with E-state index in [2.05, 4.69) is 59.1 Å². The molecular weight excluding hydrogens is 250 g/mol. The van der Waals surface area contributed by atoms with Gasteiger partial charge in [-0.25, -0.2) is 0 Å². The van der Waals surface area contributed by atoms with Crippen LogP contribution in [-0.2, 0) is 12.8 Å². The van der Waals surface area contributed by atoms with E-state index in [0.29, 0.717) is 11.3 Å². The lowest BCUT2D eigenvalue weighted by molar-refractivity contribution is 0.617. The molecule has 0 fully saturated rings. The lowest BCUT2D eigenvalue weighted by Crippen LogP contribution is -2.38. The van der Waals surface area contributed by atoms with Crippen LogP contribution < -0.4 is 4.90 Å². The van der Waals surface area contributed by atoms with Crippen molar-refractivity contribution in [3.05, 3.63) is 59.2 Å². The third-order valence-electron chi connectivity index (χ3n) is 4.79. The van der Waals surface area contributed by atoms with Crippen LogP contribution in [0.25, 0.3) is 0 Å². The highest BCUT2D eigenvalue weighted by molar-refractivity contribution is 7.99. The Bertz CT molecular complexity index is 679. The van der Waals surface area contributed by atoms with Crippen molar-refractivity contribution in [1.82, 2.24) is 0 Å². The summed E-state index contributed by atoms with van der Waals surface area (Å²) in [6.07, 6.45) is 2.45. The van der Waals surface area contributed by atoms with E-state index in [0.717, 1.165) is 0 Å². The summed E-state index contributed by atoms with van der Waals surface area (Å²) in [5.41, 5.74) is 6.23. The normalized spacial score (nSPS) is 26.0. The van der Waals surface area contributed by atoms with Crippen molar-refractivity contribution in [2.75, 3.05) is 11.4 Å². The van der Waals surface area contributed by atoms with Crippen LogP contribution in [0, 0.1) is 0 Å². The van der Waals surface area contributed by atoms with Crippen LogP contribution in [0.5, 0.6) is 0 Å². The lowest BCUT2D eigenvalue weighted by Gasteiger charge is -2.37. The Hall–Kier alpha value is -1.41. The number of hydrogen-bond acceptors (Lipinski definition) is 2. The molecule has 2 aromatic rings. The first-order valence-electron chi connectivity index (χ1n) is 7.05. The molecule has 0 aromatic heterocycles. The molecule has 5 rings (SSSR count). The van der Waals surface area contributed by atoms with E-state index in [4.69, 9.17) is 0 Å². The fraction of sp³-hybridized carbons (Fsp3) is 0.294. The van der Waals surface area contributed by atoms with Crippen molar-refractivity contribution >= 4 is 17.4 Å². The highest BCUT2D eigenvalue weighted by atomic mass is 32.2. The molecule has 0 N–H and O–H groups in total. The molecule has 0 spiro atoms. The number of benzene rings is 2. The van der Waals surface area contributed by atoms with Gasteiger partial charge in [-0.3, -0.25) is 0 Å². The van der Waals surface area contributed by atoms with Crippen LogP contribution in [-0.4, -0.2) is 12.6 Å². The quantitative estimate of drug-likeness (QED) is 0.712. The molecule has 0 bridgehead atoms. The molecule has 3 aliphatic rings. The van der Waals surface area contributed by atoms with Crippen molar-refractivity contribution in [2.45, 2.75) is 29.0 Å². The van der Waals surface area contributed by atoms with Crippen LogP contribution >= 0.6 is 11.8 Å². The smallest absolute Gasteiger partial charge is 0.0554 e. The van der Waals surface area contributed by atoms with Crippen molar-refractivity contribution < 1.29 is 0 Å². The summed E-state index contributed by atoms with van der Waals surface area (Å²) in [5.74, 6) is 0. The van der Waals surface area contributed by atoms with Gasteiger partial charge < -0.3 is 4.90 Å². The predicted octanol–water partition coefficient (Wildman–Crippen LogP) is 3.82. The summed E-state index contributed by atoms with van der Waals surface area (Å²) in [6, 6.07) is 16.5. The Morgan fingerprint density at radius 3 is 2.89 bits per heavy atom. The van der Waals surface area contributed by atoms with Gasteiger partial charge in [0.05, 0.1) is 10.9 Å². The van der Waals surface area contributed by atoms with Crippen LogP contribution in [0.3, 0.4) is 0 Å². The van der Waals surface area contributed by atoms with Gasteiger partial charge in [-0.15, -0.1) is 11.8 Å². The van der Waals surface area contributed by atoms with Gasteiger partial charge in [-0.1, -0.05) is 36.4 Å². The van der Waals surface area contributed by atoms with E-state index in [-0.39, 0.29) is 0 Å². The first-order chi connectivity index (χ1) is 9.42. The van der Waals surface area contributed by atoms with Crippen LogP contribution in [0.1, 0.15) is 21.9 Å². The molecule has 2 unspecified atom stereocenters. The molecule has 1 aliphatic carbocycles. The molecule has 1 nitrogen and oxygen atoms in total. The standard InChI is InChI=1S/C17H15NS/c1-2-6-13-12(4-1)10-14-17(13)19-15-7-3-5-11-8-9-18(14)16(11)15/h1-7,14,17H,8-10H2. The van der Waals surface area contributed by atoms with Crippen molar-refractivity contribution in [3.63, 3.8) is 0 Å². The van der Waals surface area contributed by atoms with Gasteiger partial charge in [0.15, 0.2) is 0 Å². The summed E-state index contributed by atoms with van der Waals surface area (Å²) >= 11 is 2.09. The minimum atomic E-state index is 0.636. The SMILES string of the molecule is c1ccc2c(c1)CC1C2Sc2cccc3c2N1CC3. The van der Waals surface area contributed by atoms with E-state index in [1.807, 2.05) is 0 Å². The summed E-state index contributed by atoms with van der Waals surface area (Å²) in [7, 11) is 0. The number of hydrogen-bond donors (Lipinski definition) is 0. The van der Waals surface area contributed by atoms with Gasteiger partial charge in [0.2, 0.25) is 0 Å². The minimum Gasteiger partial charge on any atom is -0.365 e. The molecule has 2 heterocycles. The number of fused-ring (bicyclic) bond motifs is 4. The molecule has 0 saturated carbocycles. The van der Waals surface area contributed by atoms with Crippen molar-refractivity contribution in [3.8, 4) is 0 Å². The Morgan fingerprint density at radius 1 is 1.00 bits per heavy atom. The van der Waals surface area contributed by atoms with Gasteiger partial charge in [0, 0.05) is 17.5 Å². The second-order valence-corrected chi connectivity index (χ2v) is 6.90. The topological polar surface area (TPSA) is 3.24 Å². The maximum absolute atomic E-state index is 2.69. The molecule has 0 amide bonds. The fourth-order valence-corrected chi connectivity index (χ4v) is 5.51. The summed E-state index contributed by atoms with van der Waals surface area (Å²) < 4.78 is 0. The molecule has 19 heavy (non-hydrogen) atoms. The number of para-hydroxylation sites is 1. The predicted molar refractivity (Wildman–Crippen MR) is 80.0 cm³/mol. The fourth-order valence-electron chi connectivity index (χ4n) is 3.96. The molecule has 2 atom stereocenters. The molecule has 2 aliphatic heterocycles.